The van der Waals surface area contributed by atoms with Crippen molar-refractivity contribution in [2.45, 2.75) is 13.3 Å². The van der Waals surface area contributed by atoms with Crippen LogP contribution in [0.4, 0.5) is 0 Å². The maximum absolute atomic E-state index is 7.09. The molecule has 1 nitrogen and oxygen atoms in total. The molecule has 0 saturated carbocycles. The molecule has 1 N–H and O–H groups in total. The number of rotatable bonds is 2. The van der Waals surface area contributed by atoms with E-state index in [1.807, 2.05) is 0 Å². The number of thiophene rings is 1. The van der Waals surface area contributed by atoms with E-state index in [0.29, 0.717) is 0 Å². The van der Waals surface area contributed by atoms with Crippen LogP contribution < -0.4 is 0 Å². The highest BCUT2D eigenvalue weighted by atomic mass is 32.1. The summed E-state index contributed by atoms with van der Waals surface area (Å²) in [4.78, 5) is 1.32. The highest BCUT2D eigenvalue weighted by Gasteiger charge is 2.05. The topological polar surface area (TPSA) is 23.9 Å². The Kier molecular flexibility index (Phi) is 2.15. The number of nitrogens with one attached hydrogen (secondary N) is 1. The first-order chi connectivity index (χ1) is 6.33. The molecule has 66 valence electrons. The van der Waals surface area contributed by atoms with E-state index in [0.717, 1.165) is 6.42 Å². The maximum atomic E-state index is 7.09. The lowest BCUT2D eigenvalue weighted by atomic mass is 10.1. The molecule has 2 rings (SSSR count). The number of hydrogen-bond donors (Lipinski definition) is 1. The molecule has 2 heteroatoms. The first kappa shape index (κ1) is 8.45. The zero-order chi connectivity index (χ0) is 9.26. The fourth-order valence-electron chi connectivity index (χ4n) is 1.51. The van der Waals surface area contributed by atoms with Gasteiger partial charge in [0.1, 0.15) is 0 Å². The first-order valence-electron chi connectivity index (χ1n) is 4.29. The van der Waals surface area contributed by atoms with Gasteiger partial charge in [0.15, 0.2) is 0 Å². The van der Waals surface area contributed by atoms with Gasteiger partial charge in [-0.1, -0.05) is 18.2 Å². The maximum Gasteiger partial charge on any atom is 0.0348 e. The van der Waals surface area contributed by atoms with Crippen molar-refractivity contribution in [1.82, 2.24) is 0 Å². The van der Waals surface area contributed by atoms with Crippen LogP contribution in [0.25, 0.3) is 10.1 Å². The monoisotopic (exact) mass is 189 g/mol. The van der Waals surface area contributed by atoms with Crippen LogP contribution in [-0.2, 0) is 6.42 Å². The molecule has 13 heavy (non-hydrogen) atoms. The van der Waals surface area contributed by atoms with Crippen molar-refractivity contribution < 1.29 is 0 Å². The molecule has 0 unspecified atom stereocenters. The van der Waals surface area contributed by atoms with Crippen LogP contribution in [0.5, 0.6) is 0 Å². The Bertz CT molecular complexity index is 442. The third-order valence-electron chi connectivity index (χ3n) is 2.23. The summed E-state index contributed by atoms with van der Waals surface area (Å²) in [5.74, 6) is 0. The molecule has 0 fully saturated rings. The summed E-state index contributed by atoms with van der Waals surface area (Å²) in [6, 6.07) is 8.41. The van der Waals surface area contributed by atoms with Gasteiger partial charge in [0.05, 0.1) is 0 Å². The van der Waals surface area contributed by atoms with E-state index in [9.17, 15) is 0 Å². The fourth-order valence-corrected chi connectivity index (χ4v) is 2.69. The quantitative estimate of drug-likeness (QED) is 0.700. The molecule has 0 bridgehead atoms. The second-order valence-electron chi connectivity index (χ2n) is 3.05. The van der Waals surface area contributed by atoms with E-state index < -0.39 is 0 Å². The average Bonchev–Trinajstić information content (AvgIpc) is 2.46. The SMILES string of the molecule is Cc1c(CC=N)sc2ccccc12. The molecule has 0 amide bonds. The Morgan fingerprint density at radius 2 is 2.15 bits per heavy atom. The number of aryl methyl sites for hydroxylation is 1. The second-order valence-corrected chi connectivity index (χ2v) is 4.19. The molecule has 0 aliphatic heterocycles. The highest BCUT2D eigenvalue weighted by Crippen LogP contribution is 2.30. The van der Waals surface area contributed by atoms with Crippen molar-refractivity contribution >= 4 is 27.6 Å². The molecule has 0 aliphatic carbocycles. The van der Waals surface area contributed by atoms with Gasteiger partial charge in [0.2, 0.25) is 0 Å². The van der Waals surface area contributed by atoms with Gasteiger partial charge in [-0.15, -0.1) is 11.3 Å². The zero-order valence-corrected chi connectivity index (χ0v) is 8.32. The summed E-state index contributed by atoms with van der Waals surface area (Å²) >= 11 is 1.80. The summed E-state index contributed by atoms with van der Waals surface area (Å²) in [5, 5.41) is 8.43. The minimum absolute atomic E-state index is 0.769. The van der Waals surface area contributed by atoms with Gasteiger partial charge >= 0.3 is 0 Å². The predicted molar refractivity (Wildman–Crippen MR) is 59.0 cm³/mol. The molecule has 0 atom stereocenters. The summed E-state index contributed by atoms with van der Waals surface area (Å²) in [6.07, 6.45) is 2.24. The highest BCUT2D eigenvalue weighted by molar-refractivity contribution is 7.19. The first-order valence-corrected chi connectivity index (χ1v) is 5.10. The van der Waals surface area contributed by atoms with Gasteiger partial charge in [0.25, 0.3) is 0 Å². The van der Waals surface area contributed by atoms with Gasteiger partial charge in [-0.3, -0.25) is 0 Å². The van der Waals surface area contributed by atoms with Crippen molar-refractivity contribution in [3.63, 3.8) is 0 Å². The van der Waals surface area contributed by atoms with Crippen LogP contribution in [0.15, 0.2) is 24.3 Å². The fraction of sp³-hybridized carbons (Fsp3) is 0.182. The zero-order valence-electron chi connectivity index (χ0n) is 7.50. The second kappa shape index (κ2) is 3.30. The molecular formula is C11H11NS. The van der Waals surface area contributed by atoms with E-state index in [-0.39, 0.29) is 0 Å². The molecule has 0 radical (unpaired) electrons. The number of benzene rings is 1. The molecule has 1 heterocycles. The molecule has 1 aromatic heterocycles. The van der Waals surface area contributed by atoms with E-state index in [1.165, 1.54) is 26.7 Å². The van der Waals surface area contributed by atoms with Crippen molar-refractivity contribution in [1.29, 1.82) is 5.41 Å². The van der Waals surface area contributed by atoms with E-state index in [2.05, 4.69) is 31.2 Å². The Balaban J connectivity index is 2.66. The van der Waals surface area contributed by atoms with Gasteiger partial charge in [-0.2, -0.15) is 0 Å². The summed E-state index contributed by atoms with van der Waals surface area (Å²) in [5.41, 5.74) is 1.34. The summed E-state index contributed by atoms with van der Waals surface area (Å²) in [6.45, 7) is 2.14. The van der Waals surface area contributed by atoms with Crippen molar-refractivity contribution in [3.05, 3.63) is 34.7 Å². The number of hydrogen-bond acceptors (Lipinski definition) is 2. The van der Waals surface area contributed by atoms with Crippen LogP contribution in [0.1, 0.15) is 10.4 Å². The Hall–Kier alpha value is -1.15. The smallest absolute Gasteiger partial charge is 0.0348 e. The normalized spacial score (nSPS) is 10.5. The van der Waals surface area contributed by atoms with Crippen LogP contribution in [0.2, 0.25) is 0 Å². The van der Waals surface area contributed by atoms with Crippen LogP contribution in [0.3, 0.4) is 0 Å². The van der Waals surface area contributed by atoms with Crippen LogP contribution in [0, 0.1) is 12.3 Å². The van der Waals surface area contributed by atoms with Crippen molar-refractivity contribution in [2.75, 3.05) is 0 Å². The molecule has 0 saturated heterocycles. The van der Waals surface area contributed by atoms with Gasteiger partial charge in [0, 0.05) is 22.2 Å². The van der Waals surface area contributed by atoms with Crippen LogP contribution in [-0.4, -0.2) is 6.21 Å². The molecule has 1 aromatic carbocycles. The minimum atomic E-state index is 0.769. The standard InChI is InChI=1S/C11H11NS/c1-8-9-4-2-3-5-11(9)13-10(8)6-7-12/h2-5,7,12H,6H2,1H3. The lowest BCUT2D eigenvalue weighted by molar-refractivity contribution is 1.35. The summed E-state index contributed by atoms with van der Waals surface area (Å²) in [7, 11) is 0. The average molecular weight is 189 g/mol. The van der Waals surface area contributed by atoms with Gasteiger partial charge < -0.3 is 5.41 Å². The van der Waals surface area contributed by atoms with E-state index in [1.54, 1.807) is 11.3 Å². The molecule has 0 aliphatic rings. The Labute approximate surface area is 81.5 Å². The number of fused-ring (bicyclic) bond motifs is 1. The summed E-state index contributed by atoms with van der Waals surface area (Å²) < 4.78 is 1.33. The third kappa shape index (κ3) is 1.38. The minimum Gasteiger partial charge on any atom is -0.313 e. The van der Waals surface area contributed by atoms with E-state index >= 15 is 0 Å². The lowest BCUT2D eigenvalue weighted by Gasteiger charge is -1.91. The molecule has 2 aromatic rings. The lowest BCUT2D eigenvalue weighted by Crippen LogP contribution is -1.81. The van der Waals surface area contributed by atoms with Crippen LogP contribution >= 0.6 is 11.3 Å². The largest absolute Gasteiger partial charge is 0.313 e. The molecular weight excluding hydrogens is 178 g/mol. The van der Waals surface area contributed by atoms with Gasteiger partial charge in [-0.05, 0) is 23.9 Å². The Morgan fingerprint density at radius 1 is 1.38 bits per heavy atom. The third-order valence-corrected chi connectivity index (χ3v) is 3.53. The van der Waals surface area contributed by atoms with Crippen molar-refractivity contribution in [2.24, 2.45) is 0 Å². The van der Waals surface area contributed by atoms with Crippen molar-refractivity contribution in [3.8, 4) is 0 Å². The van der Waals surface area contributed by atoms with E-state index in [4.69, 9.17) is 5.41 Å². The van der Waals surface area contributed by atoms with Gasteiger partial charge in [-0.25, -0.2) is 0 Å². The Morgan fingerprint density at radius 3 is 2.85 bits per heavy atom. The molecule has 0 spiro atoms. The predicted octanol–water partition coefficient (Wildman–Crippen LogP) is 3.40.